The number of nitrogens with one attached hydrogen (secondary N) is 1. The second-order valence-electron chi connectivity index (χ2n) is 5.12. The predicted molar refractivity (Wildman–Crippen MR) is 91.3 cm³/mol. The minimum atomic E-state index is -3.76. The summed E-state index contributed by atoms with van der Waals surface area (Å²) < 4.78 is 43.6. The molecule has 1 N–H and O–H groups in total. The quantitative estimate of drug-likeness (QED) is 0.830. The zero-order valence-electron chi connectivity index (χ0n) is 14.1. The van der Waals surface area contributed by atoms with E-state index in [0.29, 0.717) is 22.8 Å². The summed E-state index contributed by atoms with van der Waals surface area (Å²) >= 11 is 0. The smallest absolute Gasteiger partial charge is 0.244 e. The first-order valence-corrected chi connectivity index (χ1v) is 8.75. The van der Waals surface area contributed by atoms with Crippen LogP contribution in [0.15, 0.2) is 41.3 Å². The summed E-state index contributed by atoms with van der Waals surface area (Å²) in [5.74, 6) is 1.39. The largest absolute Gasteiger partial charge is 0.496 e. The maximum absolute atomic E-state index is 12.7. The third-order valence-corrected chi connectivity index (χ3v) is 5.00. The van der Waals surface area contributed by atoms with Crippen LogP contribution in [0.1, 0.15) is 11.1 Å². The van der Waals surface area contributed by atoms with Crippen molar-refractivity contribution in [2.75, 3.05) is 21.3 Å². The molecule has 0 aliphatic heterocycles. The molecule has 0 fully saturated rings. The molecule has 0 atom stereocenters. The third-order valence-electron chi connectivity index (χ3n) is 3.58. The van der Waals surface area contributed by atoms with Gasteiger partial charge < -0.3 is 14.2 Å². The molecule has 0 saturated heterocycles. The second kappa shape index (κ2) is 7.55. The van der Waals surface area contributed by atoms with Crippen molar-refractivity contribution in [3.8, 4) is 17.2 Å². The van der Waals surface area contributed by atoms with E-state index in [0.717, 1.165) is 5.56 Å². The molecule has 0 aliphatic carbocycles. The average molecular weight is 351 g/mol. The maximum atomic E-state index is 12.7. The Hall–Kier alpha value is -2.25. The lowest BCUT2D eigenvalue weighted by Gasteiger charge is -2.15. The molecule has 7 heteroatoms. The fourth-order valence-electron chi connectivity index (χ4n) is 2.34. The third kappa shape index (κ3) is 3.80. The molecule has 2 aromatic rings. The Morgan fingerprint density at radius 1 is 0.917 bits per heavy atom. The van der Waals surface area contributed by atoms with Crippen molar-refractivity contribution in [1.82, 2.24) is 4.72 Å². The van der Waals surface area contributed by atoms with E-state index < -0.39 is 10.0 Å². The van der Waals surface area contributed by atoms with Crippen LogP contribution in [0.3, 0.4) is 0 Å². The molecule has 0 unspecified atom stereocenters. The van der Waals surface area contributed by atoms with E-state index in [4.69, 9.17) is 14.2 Å². The number of sulfonamides is 1. The van der Waals surface area contributed by atoms with Crippen LogP contribution in [0.4, 0.5) is 0 Å². The van der Waals surface area contributed by atoms with Gasteiger partial charge >= 0.3 is 0 Å². The van der Waals surface area contributed by atoms with Crippen molar-refractivity contribution in [2.24, 2.45) is 0 Å². The van der Waals surface area contributed by atoms with E-state index in [1.165, 1.54) is 21.3 Å². The molecule has 2 aromatic carbocycles. The van der Waals surface area contributed by atoms with Gasteiger partial charge in [-0.15, -0.1) is 0 Å². The van der Waals surface area contributed by atoms with Gasteiger partial charge in [-0.25, -0.2) is 13.1 Å². The zero-order chi connectivity index (χ0) is 17.7. The van der Waals surface area contributed by atoms with Crippen molar-refractivity contribution in [2.45, 2.75) is 18.4 Å². The molecule has 0 bridgehead atoms. The van der Waals surface area contributed by atoms with Crippen LogP contribution in [0, 0.1) is 6.92 Å². The van der Waals surface area contributed by atoms with Crippen molar-refractivity contribution in [3.63, 3.8) is 0 Å². The van der Waals surface area contributed by atoms with Gasteiger partial charge in [0.05, 0.1) is 26.9 Å². The van der Waals surface area contributed by atoms with Crippen molar-refractivity contribution < 1.29 is 22.6 Å². The first-order valence-electron chi connectivity index (χ1n) is 7.27. The van der Waals surface area contributed by atoms with Gasteiger partial charge in [-0.1, -0.05) is 12.1 Å². The highest BCUT2D eigenvalue weighted by Gasteiger charge is 2.21. The van der Waals surface area contributed by atoms with E-state index in [1.54, 1.807) is 36.4 Å². The minimum Gasteiger partial charge on any atom is -0.496 e. The number of hydrogen-bond donors (Lipinski definition) is 1. The Bertz CT molecular complexity index is 795. The SMILES string of the molecule is COc1ccc(C)cc1S(=O)(=O)NCc1c(OC)cccc1OC. The summed E-state index contributed by atoms with van der Waals surface area (Å²) in [7, 11) is 0.726. The van der Waals surface area contributed by atoms with Crippen LogP contribution in [0.5, 0.6) is 17.2 Å². The topological polar surface area (TPSA) is 73.9 Å². The van der Waals surface area contributed by atoms with Crippen LogP contribution in [0.25, 0.3) is 0 Å². The van der Waals surface area contributed by atoms with E-state index in [1.807, 2.05) is 6.92 Å². The predicted octanol–water partition coefficient (Wildman–Crippen LogP) is 2.50. The Kier molecular flexibility index (Phi) is 5.69. The minimum absolute atomic E-state index is 0.0343. The highest BCUT2D eigenvalue weighted by atomic mass is 32.2. The summed E-state index contributed by atoms with van der Waals surface area (Å²) in [6.45, 7) is 1.86. The highest BCUT2D eigenvalue weighted by molar-refractivity contribution is 7.89. The number of benzene rings is 2. The zero-order valence-corrected chi connectivity index (χ0v) is 14.9. The van der Waals surface area contributed by atoms with Gasteiger partial charge in [0, 0.05) is 6.54 Å². The lowest BCUT2D eigenvalue weighted by Crippen LogP contribution is -2.24. The fourth-order valence-corrected chi connectivity index (χ4v) is 3.59. The van der Waals surface area contributed by atoms with Gasteiger partial charge in [0.15, 0.2) is 0 Å². The lowest BCUT2D eigenvalue weighted by atomic mass is 10.2. The number of methoxy groups -OCH3 is 3. The molecule has 0 saturated carbocycles. The average Bonchev–Trinajstić information content (AvgIpc) is 2.59. The molecule has 24 heavy (non-hydrogen) atoms. The number of aryl methyl sites for hydroxylation is 1. The fraction of sp³-hybridized carbons (Fsp3) is 0.294. The van der Waals surface area contributed by atoms with Gasteiger partial charge in [-0.3, -0.25) is 0 Å². The standard InChI is InChI=1S/C17H21NO5S/c1-12-8-9-16(23-4)17(10-12)24(19,20)18-11-13-14(21-2)6-5-7-15(13)22-3/h5-10,18H,11H2,1-4H3. The molecular formula is C17H21NO5S. The molecule has 0 heterocycles. The maximum Gasteiger partial charge on any atom is 0.244 e. The summed E-state index contributed by atoms with van der Waals surface area (Å²) in [6, 6.07) is 10.3. The van der Waals surface area contributed by atoms with Gasteiger partial charge in [0.1, 0.15) is 22.1 Å². The normalized spacial score (nSPS) is 11.2. The Morgan fingerprint density at radius 3 is 2.04 bits per heavy atom. The van der Waals surface area contributed by atoms with Gasteiger partial charge in [-0.05, 0) is 36.8 Å². The van der Waals surface area contributed by atoms with Crippen LogP contribution in [0.2, 0.25) is 0 Å². The van der Waals surface area contributed by atoms with E-state index in [-0.39, 0.29) is 11.4 Å². The first-order chi connectivity index (χ1) is 11.4. The molecule has 6 nitrogen and oxygen atoms in total. The molecular weight excluding hydrogens is 330 g/mol. The summed E-state index contributed by atoms with van der Waals surface area (Å²) in [4.78, 5) is 0.0962. The number of ether oxygens (including phenoxy) is 3. The van der Waals surface area contributed by atoms with Crippen molar-refractivity contribution >= 4 is 10.0 Å². The second-order valence-corrected chi connectivity index (χ2v) is 6.86. The Balaban J connectivity index is 2.34. The van der Waals surface area contributed by atoms with E-state index in [9.17, 15) is 8.42 Å². The van der Waals surface area contributed by atoms with E-state index in [2.05, 4.69) is 4.72 Å². The molecule has 2 rings (SSSR count). The molecule has 0 amide bonds. The number of rotatable bonds is 7. The molecule has 130 valence electrons. The van der Waals surface area contributed by atoms with Crippen LogP contribution >= 0.6 is 0 Å². The lowest BCUT2D eigenvalue weighted by molar-refractivity contribution is 0.384. The summed E-state index contributed by atoms with van der Waals surface area (Å²) in [5.41, 5.74) is 1.45. The van der Waals surface area contributed by atoms with E-state index >= 15 is 0 Å². The number of hydrogen-bond acceptors (Lipinski definition) is 5. The molecule has 0 radical (unpaired) electrons. The molecule has 0 aliphatic rings. The summed E-state index contributed by atoms with van der Waals surface area (Å²) in [5, 5.41) is 0. The van der Waals surface area contributed by atoms with Gasteiger partial charge in [0.25, 0.3) is 0 Å². The van der Waals surface area contributed by atoms with Gasteiger partial charge in [0.2, 0.25) is 10.0 Å². The van der Waals surface area contributed by atoms with Crippen LogP contribution < -0.4 is 18.9 Å². The highest BCUT2D eigenvalue weighted by Crippen LogP contribution is 2.29. The molecule has 0 aromatic heterocycles. The Labute approximate surface area is 142 Å². The Morgan fingerprint density at radius 2 is 1.50 bits per heavy atom. The summed E-state index contributed by atoms with van der Waals surface area (Å²) in [6.07, 6.45) is 0. The first kappa shape index (κ1) is 18.1. The van der Waals surface area contributed by atoms with Crippen molar-refractivity contribution in [1.29, 1.82) is 0 Å². The van der Waals surface area contributed by atoms with Gasteiger partial charge in [-0.2, -0.15) is 0 Å². The van der Waals surface area contributed by atoms with Crippen molar-refractivity contribution in [3.05, 3.63) is 47.5 Å². The van der Waals surface area contributed by atoms with Crippen LogP contribution in [-0.4, -0.2) is 29.7 Å². The molecule has 0 spiro atoms. The van der Waals surface area contributed by atoms with Crippen LogP contribution in [-0.2, 0) is 16.6 Å². The monoisotopic (exact) mass is 351 g/mol.